The molecule has 9 heteroatoms. The topological polar surface area (TPSA) is 89.7 Å². The molecule has 1 aliphatic heterocycles. The lowest BCUT2D eigenvalue weighted by atomic mass is 9.97. The molecule has 4 rings (SSSR count). The molecule has 33 heavy (non-hydrogen) atoms. The van der Waals surface area contributed by atoms with Crippen LogP contribution in [-0.2, 0) is 17.9 Å². The van der Waals surface area contributed by atoms with Gasteiger partial charge in [0.25, 0.3) is 0 Å². The average Bonchev–Trinajstić information content (AvgIpc) is 3.31. The van der Waals surface area contributed by atoms with Gasteiger partial charge in [0, 0.05) is 23.7 Å². The lowest BCUT2D eigenvalue weighted by Crippen LogP contribution is -2.42. The van der Waals surface area contributed by atoms with Gasteiger partial charge in [-0.15, -0.1) is 0 Å². The molecular weight excluding hydrogens is 444 g/mol. The van der Waals surface area contributed by atoms with Crippen LogP contribution >= 0.6 is 11.6 Å². The number of carbonyl (C=O) groups is 1. The first-order valence-electron chi connectivity index (χ1n) is 10.9. The number of halogens is 1. The minimum Gasteiger partial charge on any atom is -0.493 e. The maximum Gasteiger partial charge on any atom is 0.241 e. The monoisotopic (exact) mass is 470 g/mol. The van der Waals surface area contributed by atoms with Gasteiger partial charge < -0.3 is 19.3 Å². The second-order valence-electron chi connectivity index (χ2n) is 7.96. The zero-order valence-corrected chi connectivity index (χ0v) is 19.5. The largest absolute Gasteiger partial charge is 0.493 e. The first kappa shape index (κ1) is 23.1. The highest BCUT2D eigenvalue weighted by molar-refractivity contribution is 6.31. The third-order valence-corrected chi connectivity index (χ3v) is 6.12. The highest BCUT2D eigenvalue weighted by Gasteiger charge is 2.27. The third-order valence-electron chi connectivity index (χ3n) is 5.76. The molecule has 3 aromatic rings. The standard InChI is InChI=1S/C24H27ClN4O4/c1-31-20-10-9-16(12-21(20)32-2)23-27-22(33-28-23)15-29-11-5-7-18(14-29)24(30)26-13-17-6-3-4-8-19(17)25/h3-4,6,8-10,12,18H,5,7,11,13-15H2,1-2H3,(H,26,30)/t18-/m1/s1. The number of piperidine rings is 1. The number of nitrogens with one attached hydrogen (secondary N) is 1. The number of likely N-dealkylation sites (tertiary alicyclic amines) is 1. The Morgan fingerprint density at radius 2 is 2.03 bits per heavy atom. The van der Waals surface area contributed by atoms with Crippen LogP contribution in [0.15, 0.2) is 47.0 Å². The minimum absolute atomic E-state index is 0.0381. The van der Waals surface area contributed by atoms with E-state index >= 15 is 0 Å². The summed E-state index contributed by atoms with van der Waals surface area (Å²) in [5.41, 5.74) is 1.69. The molecule has 2 aromatic carbocycles. The van der Waals surface area contributed by atoms with Crippen molar-refractivity contribution in [3.8, 4) is 22.9 Å². The summed E-state index contributed by atoms with van der Waals surface area (Å²) in [4.78, 5) is 19.4. The summed E-state index contributed by atoms with van der Waals surface area (Å²) in [6.07, 6.45) is 1.78. The molecule has 1 aromatic heterocycles. The van der Waals surface area contributed by atoms with Gasteiger partial charge in [-0.2, -0.15) is 4.98 Å². The highest BCUT2D eigenvalue weighted by atomic mass is 35.5. The average molecular weight is 471 g/mol. The van der Waals surface area contributed by atoms with Crippen molar-refractivity contribution < 1.29 is 18.8 Å². The number of methoxy groups -OCH3 is 2. The SMILES string of the molecule is COc1ccc(-c2noc(CN3CCC[C@@H](C(=O)NCc4ccccc4Cl)C3)n2)cc1OC. The molecule has 0 bridgehead atoms. The molecular formula is C24H27ClN4O4. The van der Waals surface area contributed by atoms with E-state index in [2.05, 4.69) is 20.4 Å². The summed E-state index contributed by atoms with van der Waals surface area (Å²) in [5, 5.41) is 7.78. The molecule has 0 unspecified atom stereocenters. The van der Waals surface area contributed by atoms with E-state index < -0.39 is 0 Å². The molecule has 1 amide bonds. The summed E-state index contributed by atoms with van der Waals surface area (Å²) in [6, 6.07) is 13.0. The van der Waals surface area contributed by atoms with Crippen LogP contribution in [0.4, 0.5) is 0 Å². The Labute approximate surface area is 197 Å². The van der Waals surface area contributed by atoms with Crippen LogP contribution in [0.3, 0.4) is 0 Å². The van der Waals surface area contributed by atoms with Gasteiger partial charge in [-0.3, -0.25) is 9.69 Å². The number of hydrogen-bond acceptors (Lipinski definition) is 7. The van der Waals surface area contributed by atoms with Crippen LogP contribution < -0.4 is 14.8 Å². The Balaban J connectivity index is 1.35. The summed E-state index contributed by atoms with van der Waals surface area (Å²) in [6.45, 7) is 2.44. The van der Waals surface area contributed by atoms with E-state index in [1.54, 1.807) is 20.3 Å². The van der Waals surface area contributed by atoms with Crippen molar-refractivity contribution in [2.45, 2.75) is 25.9 Å². The molecule has 174 valence electrons. The Morgan fingerprint density at radius 3 is 2.82 bits per heavy atom. The van der Waals surface area contributed by atoms with Crippen LogP contribution in [-0.4, -0.2) is 48.3 Å². The summed E-state index contributed by atoms with van der Waals surface area (Å²) < 4.78 is 16.1. The van der Waals surface area contributed by atoms with Crippen molar-refractivity contribution >= 4 is 17.5 Å². The van der Waals surface area contributed by atoms with Crippen LogP contribution in [0.2, 0.25) is 5.02 Å². The predicted molar refractivity (Wildman–Crippen MR) is 124 cm³/mol. The van der Waals surface area contributed by atoms with Crippen molar-refractivity contribution in [1.82, 2.24) is 20.4 Å². The third kappa shape index (κ3) is 5.64. The molecule has 2 heterocycles. The number of rotatable bonds is 8. The van der Waals surface area contributed by atoms with Crippen molar-refractivity contribution in [1.29, 1.82) is 0 Å². The van der Waals surface area contributed by atoms with Gasteiger partial charge in [-0.1, -0.05) is 35.0 Å². The number of carbonyl (C=O) groups excluding carboxylic acids is 1. The Morgan fingerprint density at radius 1 is 1.21 bits per heavy atom. The van der Waals surface area contributed by atoms with Gasteiger partial charge >= 0.3 is 0 Å². The zero-order chi connectivity index (χ0) is 23.2. The van der Waals surface area contributed by atoms with E-state index in [1.165, 1.54) is 0 Å². The summed E-state index contributed by atoms with van der Waals surface area (Å²) in [5.74, 6) is 2.18. The maximum atomic E-state index is 12.7. The number of hydrogen-bond donors (Lipinski definition) is 1. The summed E-state index contributed by atoms with van der Waals surface area (Å²) in [7, 11) is 3.17. The fourth-order valence-electron chi connectivity index (χ4n) is 3.98. The van der Waals surface area contributed by atoms with Crippen LogP contribution in [0, 0.1) is 5.92 Å². The van der Waals surface area contributed by atoms with Gasteiger partial charge in [-0.25, -0.2) is 0 Å². The Kier molecular flexibility index (Phi) is 7.47. The molecule has 1 N–H and O–H groups in total. The van der Waals surface area contributed by atoms with Crippen molar-refractivity contribution in [2.24, 2.45) is 5.92 Å². The molecule has 1 atom stereocenters. The van der Waals surface area contributed by atoms with Crippen LogP contribution in [0.1, 0.15) is 24.3 Å². The Bertz CT molecular complexity index is 1100. The smallest absolute Gasteiger partial charge is 0.241 e. The maximum absolute atomic E-state index is 12.7. The van der Waals surface area contributed by atoms with Crippen molar-refractivity contribution in [3.05, 3.63) is 58.9 Å². The molecule has 0 spiro atoms. The predicted octanol–water partition coefficient (Wildman–Crippen LogP) is 3.94. The van der Waals surface area contributed by atoms with Crippen molar-refractivity contribution in [3.63, 3.8) is 0 Å². The fourth-order valence-corrected chi connectivity index (χ4v) is 4.19. The molecule has 0 radical (unpaired) electrons. The number of benzene rings is 2. The molecule has 1 fully saturated rings. The van der Waals surface area contributed by atoms with Crippen LogP contribution in [0.5, 0.6) is 11.5 Å². The van der Waals surface area contributed by atoms with Crippen molar-refractivity contribution in [2.75, 3.05) is 27.3 Å². The van der Waals surface area contributed by atoms with E-state index in [0.29, 0.717) is 47.9 Å². The van der Waals surface area contributed by atoms with E-state index in [1.807, 2.05) is 36.4 Å². The Hall–Kier alpha value is -3.10. The first-order chi connectivity index (χ1) is 16.1. The van der Waals surface area contributed by atoms with Gasteiger partial charge in [0.2, 0.25) is 17.6 Å². The molecule has 0 aliphatic carbocycles. The quantitative estimate of drug-likeness (QED) is 0.533. The minimum atomic E-state index is -0.0884. The van der Waals surface area contributed by atoms with E-state index in [0.717, 1.165) is 30.5 Å². The summed E-state index contributed by atoms with van der Waals surface area (Å²) >= 11 is 6.19. The molecule has 1 aliphatic rings. The zero-order valence-electron chi connectivity index (χ0n) is 18.7. The first-order valence-corrected chi connectivity index (χ1v) is 11.2. The van der Waals surface area contributed by atoms with Gasteiger partial charge in [0.15, 0.2) is 11.5 Å². The van der Waals surface area contributed by atoms with Gasteiger partial charge in [-0.05, 0) is 49.2 Å². The second-order valence-corrected chi connectivity index (χ2v) is 8.37. The number of aromatic nitrogens is 2. The van der Waals surface area contributed by atoms with E-state index in [4.69, 9.17) is 25.6 Å². The number of nitrogens with zero attached hydrogens (tertiary/aromatic N) is 3. The number of ether oxygens (including phenoxy) is 2. The van der Waals surface area contributed by atoms with Gasteiger partial charge in [0.1, 0.15) is 0 Å². The fraction of sp³-hybridized carbons (Fsp3) is 0.375. The molecule has 0 saturated carbocycles. The van der Waals surface area contributed by atoms with E-state index in [-0.39, 0.29) is 11.8 Å². The molecule has 8 nitrogen and oxygen atoms in total. The highest BCUT2D eigenvalue weighted by Crippen LogP contribution is 2.31. The number of amides is 1. The lowest BCUT2D eigenvalue weighted by molar-refractivity contribution is -0.127. The normalized spacial score (nSPS) is 16.4. The van der Waals surface area contributed by atoms with E-state index in [9.17, 15) is 4.79 Å². The second kappa shape index (κ2) is 10.7. The lowest BCUT2D eigenvalue weighted by Gasteiger charge is -2.30. The van der Waals surface area contributed by atoms with Crippen LogP contribution in [0.25, 0.3) is 11.4 Å². The van der Waals surface area contributed by atoms with Gasteiger partial charge in [0.05, 0.1) is 26.7 Å². The molecule has 1 saturated heterocycles.